The van der Waals surface area contributed by atoms with Gasteiger partial charge in [-0.15, -0.1) is 0 Å². The monoisotopic (exact) mass is 320 g/mol. The second-order valence-corrected chi connectivity index (χ2v) is 7.83. The van der Waals surface area contributed by atoms with Crippen molar-refractivity contribution in [3.05, 3.63) is 23.3 Å². The SMILES string of the molecule is CC1=CCC[C@@H]2[C@@H](C1)C(=O)C[C@@H](C)[C@]2(C)CC/C(=C/CO)CO. The Morgan fingerprint density at radius 3 is 2.78 bits per heavy atom. The van der Waals surface area contributed by atoms with Crippen LogP contribution in [0.4, 0.5) is 0 Å². The Hall–Kier alpha value is -0.930. The van der Waals surface area contributed by atoms with Gasteiger partial charge in [0.1, 0.15) is 5.78 Å². The van der Waals surface area contributed by atoms with Crippen LogP contribution in [-0.4, -0.2) is 29.2 Å². The first-order valence-electron chi connectivity index (χ1n) is 9.00. The van der Waals surface area contributed by atoms with Crippen molar-refractivity contribution in [2.24, 2.45) is 23.2 Å². The fourth-order valence-electron chi connectivity index (χ4n) is 4.70. The summed E-state index contributed by atoms with van der Waals surface area (Å²) in [5.74, 6) is 1.43. The average molecular weight is 320 g/mol. The van der Waals surface area contributed by atoms with Gasteiger partial charge in [0.25, 0.3) is 0 Å². The normalized spacial score (nSPS) is 35.5. The second kappa shape index (κ2) is 7.76. The van der Waals surface area contributed by atoms with Gasteiger partial charge in [-0.2, -0.15) is 0 Å². The Morgan fingerprint density at radius 1 is 1.39 bits per heavy atom. The molecule has 0 bridgehead atoms. The molecule has 2 rings (SSSR count). The summed E-state index contributed by atoms with van der Waals surface area (Å²) >= 11 is 0. The molecule has 0 amide bonds. The van der Waals surface area contributed by atoms with Crippen LogP contribution in [0.5, 0.6) is 0 Å². The van der Waals surface area contributed by atoms with Crippen molar-refractivity contribution in [3.63, 3.8) is 0 Å². The summed E-state index contributed by atoms with van der Waals surface area (Å²) < 4.78 is 0. The molecular formula is C20H32O3. The number of carbonyl (C=O) groups excluding carboxylic acids is 1. The van der Waals surface area contributed by atoms with Crippen LogP contribution in [0.15, 0.2) is 23.3 Å². The lowest BCUT2D eigenvalue weighted by Gasteiger charge is -2.50. The van der Waals surface area contributed by atoms with Crippen molar-refractivity contribution >= 4 is 5.78 Å². The highest BCUT2D eigenvalue weighted by molar-refractivity contribution is 5.83. The smallest absolute Gasteiger partial charge is 0.136 e. The van der Waals surface area contributed by atoms with E-state index in [2.05, 4.69) is 26.8 Å². The Morgan fingerprint density at radius 2 is 2.13 bits per heavy atom. The number of aliphatic hydroxyl groups excluding tert-OH is 2. The predicted molar refractivity (Wildman–Crippen MR) is 93.0 cm³/mol. The van der Waals surface area contributed by atoms with Crippen LogP contribution in [-0.2, 0) is 4.79 Å². The lowest BCUT2D eigenvalue weighted by Crippen LogP contribution is -2.46. The highest BCUT2D eigenvalue weighted by Gasteiger charge is 2.49. The van der Waals surface area contributed by atoms with E-state index in [4.69, 9.17) is 5.11 Å². The number of Topliss-reactive ketones (excluding diaryl/α,β-unsaturated/α-hetero) is 1. The number of rotatable bonds is 5. The quantitative estimate of drug-likeness (QED) is 0.760. The van der Waals surface area contributed by atoms with E-state index in [1.54, 1.807) is 6.08 Å². The van der Waals surface area contributed by atoms with Crippen LogP contribution in [0, 0.1) is 23.2 Å². The number of hydrogen-bond donors (Lipinski definition) is 2. The maximum absolute atomic E-state index is 12.6. The molecule has 0 aromatic carbocycles. The third kappa shape index (κ3) is 3.95. The molecule has 2 aliphatic carbocycles. The van der Waals surface area contributed by atoms with Crippen LogP contribution in [0.25, 0.3) is 0 Å². The molecule has 3 nitrogen and oxygen atoms in total. The first-order valence-corrected chi connectivity index (χ1v) is 9.00. The van der Waals surface area contributed by atoms with Crippen molar-refractivity contribution in [2.45, 2.75) is 59.3 Å². The van der Waals surface area contributed by atoms with Gasteiger partial charge < -0.3 is 10.2 Å². The molecular weight excluding hydrogens is 288 g/mol. The van der Waals surface area contributed by atoms with Gasteiger partial charge in [0.2, 0.25) is 0 Å². The van der Waals surface area contributed by atoms with E-state index in [9.17, 15) is 9.90 Å². The van der Waals surface area contributed by atoms with Crippen LogP contribution in [0.1, 0.15) is 59.3 Å². The molecule has 0 unspecified atom stereocenters. The summed E-state index contributed by atoms with van der Waals surface area (Å²) in [4.78, 5) is 12.6. The standard InChI is InChI=1S/C20H32O3/c1-14-5-4-6-18-17(11-14)19(23)12-15(2)20(18,3)9-7-16(13-22)8-10-21/h5,8,15,17-18,21-22H,4,6-7,9-13H2,1-3H3/b16-8-/t15-,17-,18-,20+/m1/s1. The minimum atomic E-state index is -0.0180. The molecule has 0 saturated heterocycles. The van der Waals surface area contributed by atoms with E-state index in [1.165, 1.54) is 5.57 Å². The highest BCUT2D eigenvalue weighted by Crippen LogP contribution is 2.53. The maximum atomic E-state index is 12.6. The minimum Gasteiger partial charge on any atom is -0.392 e. The molecule has 2 N–H and O–H groups in total. The minimum absolute atomic E-state index is 0.0126. The zero-order valence-corrected chi connectivity index (χ0v) is 14.8. The number of fused-ring (bicyclic) bond motifs is 1. The third-order valence-electron chi connectivity index (χ3n) is 6.46. The molecule has 23 heavy (non-hydrogen) atoms. The Kier molecular flexibility index (Phi) is 6.21. The summed E-state index contributed by atoms with van der Waals surface area (Å²) in [5, 5.41) is 18.5. The van der Waals surface area contributed by atoms with E-state index < -0.39 is 0 Å². The number of hydrogen-bond acceptors (Lipinski definition) is 3. The Balaban J connectivity index is 2.20. The number of ketones is 1. The lowest BCUT2D eigenvalue weighted by atomic mass is 9.54. The maximum Gasteiger partial charge on any atom is 0.136 e. The number of allylic oxidation sites excluding steroid dienone is 2. The molecule has 0 aliphatic heterocycles. The Labute approximate surface area is 140 Å². The first kappa shape index (κ1) is 18.4. The highest BCUT2D eigenvalue weighted by atomic mass is 16.3. The van der Waals surface area contributed by atoms with E-state index in [0.717, 1.165) is 37.7 Å². The van der Waals surface area contributed by atoms with Gasteiger partial charge in [-0.05, 0) is 61.9 Å². The zero-order valence-electron chi connectivity index (χ0n) is 14.8. The van der Waals surface area contributed by atoms with Crippen LogP contribution >= 0.6 is 0 Å². The Bertz CT molecular complexity index is 491. The predicted octanol–water partition coefficient (Wildman–Crippen LogP) is 3.66. The summed E-state index contributed by atoms with van der Waals surface area (Å²) in [6.07, 6.45) is 9.58. The van der Waals surface area contributed by atoms with Gasteiger partial charge in [-0.1, -0.05) is 31.6 Å². The zero-order chi connectivity index (χ0) is 17.0. The second-order valence-electron chi connectivity index (χ2n) is 7.83. The topological polar surface area (TPSA) is 57.5 Å². The average Bonchev–Trinajstić information content (AvgIpc) is 2.72. The van der Waals surface area contributed by atoms with E-state index in [1.807, 2.05) is 0 Å². The van der Waals surface area contributed by atoms with Crippen molar-refractivity contribution < 1.29 is 15.0 Å². The summed E-state index contributed by atoms with van der Waals surface area (Å²) in [5.41, 5.74) is 2.40. The molecule has 3 heteroatoms. The van der Waals surface area contributed by atoms with Crippen molar-refractivity contribution in [1.29, 1.82) is 0 Å². The molecule has 0 spiro atoms. The van der Waals surface area contributed by atoms with Gasteiger partial charge in [-0.25, -0.2) is 0 Å². The molecule has 2 aliphatic rings. The van der Waals surface area contributed by atoms with E-state index >= 15 is 0 Å². The molecule has 0 radical (unpaired) electrons. The molecule has 1 saturated carbocycles. The van der Waals surface area contributed by atoms with Crippen LogP contribution in [0.3, 0.4) is 0 Å². The number of aliphatic hydroxyl groups is 2. The third-order valence-corrected chi connectivity index (χ3v) is 6.46. The van der Waals surface area contributed by atoms with E-state index in [0.29, 0.717) is 24.0 Å². The van der Waals surface area contributed by atoms with Crippen LogP contribution in [0.2, 0.25) is 0 Å². The van der Waals surface area contributed by atoms with Gasteiger partial charge in [0, 0.05) is 12.3 Å². The van der Waals surface area contributed by atoms with Crippen LogP contribution < -0.4 is 0 Å². The fraction of sp³-hybridized carbons (Fsp3) is 0.750. The fourth-order valence-corrected chi connectivity index (χ4v) is 4.70. The van der Waals surface area contributed by atoms with Gasteiger partial charge in [0.05, 0.1) is 13.2 Å². The van der Waals surface area contributed by atoms with E-state index in [-0.39, 0.29) is 24.5 Å². The summed E-state index contributed by atoms with van der Waals surface area (Å²) in [6.45, 7) is 6.71. The molecule has 1 fully saturated rings. The van der Waals surface area contributed by atoms with Crippen molar-refractivity contribution in [1.82, 2.24) is 0 Å². The van der Waals surface area contributed by atoms with Gasteiger partial charge >= 0.3 is 0 Å². The largest absolute Gasteiger partial charge is 0.392 e. The summed E-state index contributed by atoms with van der Waals surface area (Å²) in [7, 11) is 0. The number of carbonyl (C=O) groups is 1. The lowest BCUT2D eigenvalue weighted by molar-refractivity contribution is -0.136. The molecule has 130 valence electrons. The van der Waals surface area contributed by atoms with Crippen molar-refractivity contribution in [2.75, 3.05) is 13.2 Å². The van der Waals surface area contributed by atoms with Gasteiger partial charge in [-0.3, -0.25) is 4.79 Å². The van der Waals surface area contributed by atoms with Gasteiger partial charge in [0.15, 0.2) is 0 Å². The molecule has 0 aromatic heterocycles. The summed E-state index contributed by atoms with van der Waals surface area (Å²) in [6, 6.07) is 0. The molecule has 4 atom stereocenters. The molecule has 0 heterocycles. The van der Waals surface area contributed by atoms with Crippen molar-refractivity contribution in [3.8, 4) is 0 Å². The first-order chi connectivity index (χ1) is 10.9. The molecule has 0 aromatic rings.